The molecule has 2 saturated heterocycles. The molecule has 3 aromatic carbocycles. The molecule has 7 rings (SSSR count). The van der Waals surface area contributed by atoms with Crippen molar-refractivity contribution in [3.63, 3.8) is 0 Å². The lowest BCUT2D eigenvalue weighted by Crippen LogP contribution is -2.59. The summed E-state index contributed by atoms with van der Waals surface area (Å²) in [5.41, 5.74) is 0.542. The number of benzene rings is 3. The number of sulfonamides is 1. The van der Waals surface area contributed by atoms with Crippen molar-refractivity contribution in [1.29, 1.82) is 0 Å². The molecule has 288 valence electrons. The average Bonchev–Trinajstić information content (AvgIpc) is 3.83. The van der Waals surface area contributed by atoms with Gasteiger partial charge in [-0.2, -0.15) is 17.5 Å². The SMILES string of the molecule is COc1ccccc1-n1cc(CO[C@@H]2C[C@H]3C(=O)NC4(CCOc5ccc(C(F)(F)F)cc5S(=O)(=O)N3C2)CCN(CCCc2ccccc2)CC4)nn1. The number of piperidine rings is 1. The van der Waals surface area contributed by atoms with E-state index in [2.05, 4.69) is 32.7 Å². The quantitative estimate of drug-likeness (QED) is 0.250. The van der Waals surface area contributed by atoms with Crippen LogP contribution in [0.25, 0.3) is 5.69 Å². The number of alkyl halides is 3. The molecular weight excluding hydrogens is 726 g/mol. The number of hydrogen-bond acceptors (Lipinski definition) is 9. The predicted octanol–water partition coefficient (Wildman–Crippen LogP) is 5.01. The third-order valence-electron chi connectivity index (χ3n) is 10.5. The van der Waals surface area contributed by atoms with Crippen LogP contribution in [0.3, 0.4) is 0 Å². The Kier molecular flexibility index (Phi) is 11.0. The van der Waals surface area contributed by atoms with E-state index >= 15 is 0 Å². The molecule has 0 radical (unpaired) electrons. The molecule has 1 spiro atoms. The van der Waals surface area contributed by atoms with Gasteiger partial charge in [-0.25, -0.2) is 13.1 Å². The summed E-state index contributed by atoms with van der Waals surface area (Å²) in [5, 5.41) is 11.6. The standard InChI is InChI=1S/C38H43F3N6O6S/c1-51-33-12-6-5-11-31(33)46-24-29(43-44-46)26-53-30-23-32-36(48)42-37(15-19-45(20-16-37)18-7-10-27-8-3-2-4-9-27)17-21-52-34-14-13-28(38(39,40)41)22-35(34)54(49,50)47(32)25-30/h2-6,8-9,11-14,22,24,30,32H,7,10,15-21,23,25-26H2,1H3,(H,42,48)/t30-,32+/m1/s1. The van der Waals surface area contributed by atoms with Crippen molar-refractivity contribution >= 4 is 15.9 Å². The van der Waals surface area contributed by atoms with E-state index in [9.17, 15) is 26.4 Å². The lowest BCUT2D eigenvalue weighted by atomic mass is 9.84. The molecule has 1 aromatic heterocycles. The molecular formula is C38H43F3N6O6S. The third kappa shape index (κ3) is 8.26. The molecule has 1 N–H and O–H groups in total. The fraction of sp³-hybridized carbons (Fsp3) is 0.447. The second kappa shape index (κ2) is 15.7. The molecule has 0 unspecified atom stereocenters. The number of carbonyl (C=O) groups excluding carboxylic acids is 1. The van der Waals surface area contributed by atoms with Crippen molar-refractivity contribution in [2.24, 2.45) is 0 Å². The highest BCUT2D eigenvalue weighted by atomic mass is 32.2. The van der Waals surface area contributed by atoms with Gasteiger partial charge in [-0.3, -0.25) is 4.79 Å². The largest absolute Gasteiger partial charge is 0.494 e. The number of aryl methyl sites for hydroxylation is 1. The highest BCUT2D eigenvalue weighted by Crippen LogP contribution is 2.39. The van der Waals surface area contributed by atoms with Gasteiger partial charge in [0.05, 0.1) is 38.2 Å². The summed E-state index contributed by atoms with van der Waals surface area (Å²) < 4.78 is 90.3. The van der Waals surface area contributed by atoms with Gasteiger partial charge in [0.1, 0.15) is 33.8 Å². The number of methoxy groups -OCH3 is 1. The molecule has 4 aromatic rings. The van der Waals surface area contributed by atoms with Crippen LogP contribution in [0, 0.1) is 0 Å². The van der Waals surface area contributed by atoms with Crippen LogP contribution in [0.2, 0.25) is 0 Å². The topological polar surface area (TPSA) is 128 Å². The van der Waals surface area contributed by atoms with Gasteiger partial charge >= 0.3 is 6.18 Å². The number of hydrogen-bond donors (Lipinski definition) is 1. The Hall–Kier alpha value is -4.51. The van der Waals surface area contributed by atoms with E-state index in [0.717, 1.165) is 35.8 Å². The molecule has 54 heavy (non-hydrogen) atoms. The van der Waals surface area contributed by atoms with Gasteiger partial charge in [-0.1, -0.05) is 47.7 Å². The van der Waals surface area contributed by atoms with Crippen LogP contribution in [-0.4, -0.2) is 96.1 Å². The molecule has 3 aliphatic heterocycles. The number of para-hydroxylation sites is 2. The number of nitrogens with zero attached hydrogens (tertiary/aromatic N) is 5. The maximum Gasteiger partial charge on any atom is 0.416 e. The van der Waals surface area contributed by atoms with E-state index < -0.39 is 50.3 Å². The Balaban J connectivity index is 1.11. The van der Waals surface area contributed by atoms with Gasteiger partial charge in [0.2, 0.25) is 15.9 Å². The summed E-state index contributed by atoms with van der Waals surface area (Å²) in [6.45, 7) is 2.02. The first-order valence-corrected chi connectivity index (χ1v) is 19.5. The second-order valence-electron chi connectivity index (χ2n) is 14.0. The van der Waals surface area contributed by atoms with Crippen molar-refractivity contribution in [2.75, 3.05) is 39.9 Å². The Morgan fingerprint density at radius 3 is 2.54 bits per heavy atom. The van der Waals surface area contributed by atoms with E-state index in [4.69, 9.17) is 14.2 Å². The lowest BCUT2D eigenvalue weighted by molar-refractivity contribution is -0.137. The van der Waals surface area contributed by atoms with Crippen molar-refractivity contribution in [3.05, 3.63) is 95.8 Å². The molecule has 12 nitrogen and oxygen atoms in total. The maximum absolute atomic E-state index is 14.3. The minimum absolute atomic E-state index is 0.00805. The van der Waals surface area contributed by atoms with Crippen LogP contribution in [0.4, 0.5) is 13.2 Å². The van der Waals surface area contributed by atoms with Gasteiger partial charge in [-0.15, -0.1) is 5.10 Å². The number of aromatic nitrogens is 3. The maximum atomic E-state index is 14.3. The van der Waals surface area contributed by atoms with Crippen LogP contribution in [-0.2, 0) is 38.8 Å². The van der Waals surface area contributed by atoms with E-state index in [1.165, 1.54) is 10.2 Å². The number of nitrogens with one attached hydrogen (secondary N) is 1. The van der Waals surface area contributed by atoms with Crippen molar-refractivity contribution in [3.8, 4) is 17.2 Å². The molecule has 2 fully saturated rings. The van der Waals surface area contributed by atoms with E-state index in [-0.39, 0.29) is 31.9 Å². The molecule has 0 saturated carbocycles. The highest BCUT2D eigenvalue weighted by Gasteiger charge is 2.48. The summed E-state index contributed by atoms with van der Waals surface area (Å²) in [6, 6.07) is 18.8. The first-order chi connectivity index (χ1) is 25.9. The number of fused-ring (bicyclic) bond motifs is 2. The summed E-state index contributed by atoms with van der Waals surface area (Å²) >= 11 is 0. The van der Waals surface area contributed by atoms with Crippen molar-refractivity contribution in [1.82, 2.24) is 29.5 Å². The van der Waals surface area contributed by atoms with Gasteiger partial charge in [-0.05, 0) is 68.1 Å². The first kappa shape index (κ1) is 37.8. The minimum atomic E-state index is -4.80. The normalized spacial score (nSPS) is 21.7. The zero-order valence-electron chi connectivity index (χ0n) is 29.9. The van der Waals surface area contributed by atoms with E-state index in [1.54, 1.807) is 19.4 Å². The molecule has 4 heterocycles. The fourth-order valence-electron chi connectivity index (χ4n) is 7.52. The Labute approximate surface area is 312 Å². The van der Waals surface area contributed by atoms with Crippen LogP contribution in [0.15, 0.2) is 83.9 Å². The second-order valence-corrected chi connectivity index (χ2v) is 15.9. The number of likely N-dealkylation sites (tertiary alicyclic amines) is 1. The number of halogens is 3. The molecule has 3 aliphatic rings. The van der Waals surface area contributed by atoms with Crippen LogP contribution in [0.5, 0.6) is 11.5 Å². The molecule has 16 heteroatoms. The lowest BCUT2D eigenvalue weighted by Gasteiger charge is -2.43. The molecule has 2 atom stereocenters. The molecule has 1 amide bonds. The predicted molar refractivity (Wildman–Crippen MR) is 192 cm³/mol. The Morgan fingerprint density at radius 2 is 1.78 bits per heavy atom. The van der Waals surface area contributed by atoms with Gasteiger partial charge < -0.3 is 24.4 Å². The van der Waals surface area contributed by atoms with E-state index in [1.807, 2.05) is 36.4 Å². The summed E-state index contributed by atoms with van der Waals surface area (Å²) in [5.74, 6) is -0.125. The summed E-state index contributed by atoms with van der Waals surface area (Å²) in [4.78, 5) is 16.0. The Morgan fingerprint density at radius 1 is 1.02 bits per heavy atom. The summed E-state index contributed by atoms with van der Waals surface area (Å²) in [7, 11) is -3.13. The number of amides is 1. The van der Waals surface area contributed by atoms with Crippen molar-refractivity contribution in [2.45, 2.75) is 73.9 Å². The number of ether oxygens (including phenoxy) is 3. The van der Waals surface area contributed by atoms with Crippen LogP contribution >= 0.6 is 0 Å². The smallest absolute Gasteiger partial charge is 0.416 e. The Bertz CT molecular complexity index is 2040. The molecule has 0 aliphatic carbocycles. The monoisotopic (exact) mass is 768 g/mol. The van der Waals surface area contributed by atoms with Gasteiger partial charge in [0.25, 0.3) is 0 Å². The van der Waals surface area contributed by atoms with E-state index in [0.29, 0.717) is 55.5 Å². The van der Waals surface area contributed by atoms with Gasteiger partial charge in [0, 0.05) is 38.0 Å². The highest BCUT2D eigenvalue weighted by molar-refractivity contribution is 7.89. The van der Waals surface area contributed by atoms with Crippen LogP contribution in [0.1, 0.15) is 48.9 Å². The first-order valence-electron chi connectivity index (χ1n) is 18.0. The fourth-order valence-corrected chi connectivity index (χ4v) is 9.31. The number of rotatable bonds is 9. The van der Waals surface area contributed by atoms with Crippen molar-refractivity contribution < 1.29 is 40.6 Å². The zero-order valence-corrected chi connectivity index (χ0v) is 30.7. The molecule has 0 bridgehead atoms. The number of carbonyl (C=O) groups is 1. The zero-order chi connectivity index (χ0) is 37.9. The minimum Gasteiger partial charge on any atom is -0.494 e. The van der Waals surface area contributed by atoms with Gasteiger partial charge in [0.15, 0.2) is 0 Å². The third-order valence-corrected chi connectivity index (χ3v) is 12.4. The van der Waals surface area contributed by atoms with Crippen LogP contribution < -0.4 is 14.8 Å². The average molecular weight is 769 g/mol. The summed E-state index contributed by atoms with van der Waals surface area (Å²) in [6.07, 6.45) is -0.426.